The van der Waals surface area contributed by atoms with Gasteiger partial charge in [-0.25, -0.2) is 4.98 Å². The van der Waals surface area contributed by atoms with E-state index in [4.69, 9.17) is 4.74 Å². The average molecular weight is 378 g/mol. The van der Waals surface area contributed by atoms with Gasteiger partial charge >= 0.3 is 0 Å². The first-order valence-corrected chi connectivity index (χ1v) is 9.81. The number of pyridine rings is 1. The molecule has 3 heterocycles. The van der Waals surface area contributed by atoms with Gasteiger partial charge in [0.15, 0.2) is 12.3 Å². The van der Waals surface area contributed by atoms with Gasteiger partial charge in [-0.2, -0.15) is 5.10 Å². The maximum Gasteiger partial charge on any atom is 0.260 e. The van der Waals surface area contributed by atoms with Crippen LogP contribution in [0, 0.1) is 12.8 Å². The first kappa shape index (κ1) is 18.5. The van der Waals surface area contributed by atoms with E-state index in [1.54, 1.807) is 4.68 Å². The van der Waals surface area contributed by atoms with Gasteiger partial charge in [0.25, 0.3) is 5.91 Å². The second kappa shape index (κ2) is 7.62. The molecule has 6 nitrogen and oxygen atoms in total. The molecule has 1 fully saturated rings. The summed E-state index contributed by atoms with van der Waals surface area (Å²) in [5.74, 6) is 1.46. The van der Waals surface area contributed by atoms with E-state index >= 15 is 0 Å². The molecule has 146 valence electrons. The van der Waals surface area contributed by atoms with Crippen LogP contribution in [0.5, 0.6) is 5.75 Å². The minimum absolute atomic E-state index is 0.0638. The van der Waals surface area contributed by atoms with Crippen molar-refractivity contribution in [1.82, 2.24) is 19.7 Å². The Morgan fingerprint density at radius 1 is 1.21 bits per heavy atom. The molecule has 0 spiro atoms. The number of nitrogens with zero attached hydrogens (tertiary/aromatic N) is 4. The Bertz CT molecular complexity index is 986. The first-order valence-electron chi connectivity index (χ1n) is 9.81. The number of ether oxygens (including phenoxy) is 1. The summed E-state index contributed by atoms with van der Waals surface area (Å²) in [7, 11) is 1.90. The van der Waals surface area contributed by atoms with Crippen LogP contribution in [0.2, 0.25) is 0 Å². The highest BCUT2D eigenvalue weighted by Gasteiger charge is 2.20. The fourth-order valence-corrected chi connectivity index (χ4v) is 3.63. The fourth-order valence-electron chi connectivity index (χ4n) is 3.63. The Labute approximate surface area is 165 Å². The van der Waals surface area contributed by atoms with Crippen LogP contribution in [0.4, 0.5) is 0 Å². The van der Waals surface area contributed by atoms with Crippen LogP contribution in [-0.2, 0) is 11.8 Å². The summed E-state index contributed by atoms with van der Waals surface area (Å²) in [6, 6.07) is 9.79. The molecule has 0 saturated carbocycles. The Kier molecular flexibility index (Phi) is 5.03. The molecular formula is C22H26N4O2. The monoisotopic (exact) mass is 378 g/mol. The number of aromatic nitrogens is 3. The number of carbonyl (C=O) groups excluding carboxylic acids is 1. The molecule has 28 heavy (non-hydrogen) atoms. The number of carbonyl (C=O) groups is 1. The highest BCUT2D eigenvalue weighted by atomic mass is 16.5. The minimum atomic E-state index is 0.0638. The van der Waals surface area contributed by atoms with E-state index in [1.807, 2.05) is 42.4 Å². The van der Waals surface area contributed by atoms with Crippen molar-refractivity contribution in [3.05, 3.63) is 42.1 Å². The fraction of sp³-hybridized carbons (Fsp3) is 0.409. The Balaban J connectivity index is 1.42. The lowest BCUT2D eigenvalue weighted by Crippen LogP contribution is -2.40. The third-order valence-corrected chi connectivity index (χ3v) is 5.46. The number of hydrogen-bond donors (Lipinski definition) is 0. The molecule has 0 radical (unpaired) electrons. The van der Waals surface area contributed by atoms with Gasteiger partial charge in [-0.1, -0.05) is 6.92 Å². The van der Waals surface area contributed by atoms with Crippen LogP contribution in [0.3, 0.4) is 0 Å². The predicted molar refractivity (Wildman–Crippen MR) is 109 cm³/mol. The van der Waals surface area contributed by atoms with Crippen molar-refractivity contribution in [3.63, 3.8) is 0 Å². The number of likely N-dealkylation sites (tertiary alicyclic amines) is 1. The molecule has 1 aliphatic heterocycles. The molecule has 0 N–H and O–H groups in total. The largest absolute Gasteiger partial charge is 0.484 e. The molecule has 0 bridgehead atoms. The molecule has 1 aliphatic rings. The van der Waals surface area contributed by atoms with Crippen molar-refractivity contribution in [1.29, 1.82) is 0 Å². The van der Waals surface area contributed by atoms with Crippen molar-refractivity contribution in [2.45, 2.75) is 26.7 Å². The summed E-state index contributed by atoms with van der Waals surface area (Å²) in [6.07, 6.45) is 4.14. The summed E-state index contributed by atoms with van der Waals surface area (Å²) in [4.78, 5) is 18.9. The smallest absolute Gasteiger partial charge is 0.260 e. The van der Waals surface area contributed by atoms with Gasteiger partial charge in [0.1, 0.15) is 5.75 Å². The molecule has 4 rings (SSSR count). The maximum absolute atomic E-state index is 12.3. The van der Waals surface area contributed by atoms with Crippen molar-refractivity contribution in [2.75, 3.05) is 19.7 Å². The molecule has 0 atom stereocenters. The number of piperidine rings is 1. The van der Waals surface area contributed by atoms with Crippen LogP contribution in [0.1, 0.15) is 25.3 Å². The van der Waals surface area contributed by atoms with Gasteiger partial charge < -0.3 is 9.64 Å². The molecule has 0 aliphatic carbocycles. The van der Waals surface area contributed by atoms with Gasteiger partial charge in [0.2, 0.25) is 0 Å². The Morgan fingerprint density at radius 3 is 2.64 bits per heavy atom. The van der Waals surface area contributed by atoms with Crippen LogP contribution in [0.25, 0.3) is 22.3 Å². The van der Waals surface area contributed by atoms with Crippen molar-refractivity contribution in [2.24, 2.45) is 13.0 Å². The molecule has 6 heteroatoms. The lowest BCUT2D eigenvalue weighted by molar-refractivity contribution is -0.134. The van der Waals surface area contributed by atoms with Crippen molar-refractivity contribution in [3.8, 4) is 17.0 Å². The molecule has 1 amide bonds. The third-order valence-electron chi connectivity index (χ3n) is 5.46. The van der Waals surface area contributed by atoms with Crippen LogP contribution in [-0.4, -0.2) is 45.3 Å². The summed E-state index contributed by atoms with van der Waals surface area (Å²) in [5.41, 5.74) is 3.78. The predicted octanol–water partition coefficient (Wildman–Crippen LogP) is 3.58. The number of hydrogen-bond acceptors (Lipinski definition) is 4. The summed E-state index contributed by atoms with van der Waals surface area (Å²) in [5, 5.41) is 5.48. The molecular weight excluding hydrogens is 352 g/mol. The molecule has 1 aromatic carbocycles. The Hall–Kier alpha value is -2.89. The number of rotatable bonds is 4. The second-order valence-corrected chi connectivity index (χ2v) is 7.74. The lowest BCUT2D eigenvalue weighted by atomic mass is 9.99. The zero-order valence-corrected chi connectivity index (χ0v) is 16.7. The summed E-state index contributed by atoms with van der Waals surface area (Å²) < 4.78 is 7.49. The van der Waals surface area contributed by atoms with Gasteiger partial charge in [-0.05, 0) is 61.6 Å². The number of benzene rings is 1. The third kappa shape index (κ3) is 3.86. The molecule has 2 aromatic heterocycles. The van der Waals surface area contributed by atoms with Gasteiger partial charge in [-0.15, -0.1) is 0 Å². The first-order chi connectivity index (χ1) is 13.5. The van der Waals surface area contributed by atoms with Crippen molar-refractivity contribution < 1.29 is 9.53 Å². The van der Waals surface area contributed by atoms with Crippen molar-refractivity contribution >= 4 is 16.9 Å². The van der Waals surface area contributed by atoms with E-state index in [-0.39, 0.29) is 12.5 Å². The van der Waals surface area contributed by atoms with Crippen LogP contribution in [0.15, 0.2) is 36.5 Å². The van der Waals surface area contributed by atoms with E-state index in [1.165, 1.54) is 0 Å². The topological polar surface area (TPSA) is 60.2 Å². The zero-order chi connectivity index (χ0) is 19.7. The Morgan fingerprint density at radius 2 is 1.93 bits per heavy atom. The molecule has 0 unspecified atom stereocenters. The normalized spacial score (nSPS) is 15.2. The van der Waals surface area contributed by atoms with Crippen LogP contribution < -0.4 is 4.74 Å². The summed E-state index contributed by atoms with van der Waals surface area (Å²) in [6.45, 7) is 6.07. The highest BCUT2D eigenvalue weighted by molar-refractivity contribution is 5.81. The zero-order valence-electron chi connectivity index (χ0n) is 16.7. The summed E-state index contributed by atoms with van der Waals surface area (Å²) >= 11 is 0. The van der Waals surface area contributed by atoms with E-state index in [2.05, 4.69) is 30.0 Å². The van der Waals surface area contributed by atoms with Crippen LogP contribution >= 0.6 is 0 Å². The maximum atomic E-state index is 12.3. The van der Waals surface area contributed by atoms with E-state index < -0.39 is 0 Å². The quantitative estimate of drug-likeness (QED) is 0.696. The number of aryl methyl sites for hydroxylation is 2. The van der Waals surface area contributed by atoms with E-state index in [0.29, 0.717) is 11.7 Å². The average Bonchev–Trinajstić information content (AvgIpc) is 3.08. The van der Waals surface area contributed by atoms with E-state index in [9.17, 15) is 4.79 Å². The van der Waals surface area contributed by atoms with Gasteiger partial charge in [0.05, 0.1) is 5.69 Å². The highest BCUT2D eigenvalue weighted by Crippen LogP contribution is 2.25. The van der Waals surface area contributed by atoms with E-state index in [0.717, 1.165) is 53.8 Å². The molecule has 3 aromatic rings. The number of amides is 1. The standard InChI is InChI=1S/C22H26N4O2/c1-15-8-10-26(11-9-15)21(27)14-28-18-6-4-17(5-7-18)20-12-16(2)19-13-25(3)24-22(19)23-20/h4-7,12-13,15H,8-11,14H2,1-3H3. The minimum Gasteiger partial charge on any atom is -0.484 e. The number of fused-ring (bicyclic) bond motifs is 1. The molecule has 1 saturated heterocycles. The SMILES string of the molecule is Cc1cc(-c2ccc(OCC(=O)N3CCC(C)CC3)cc2)nc2nn(C)cc12. The second-order valence-electron chi connectivity index (χ2n) is 7.74. The van der Waals surface area contributed by atoms with Gasteiger partial charge in [-0.3, -0.25) is 9.48 Å². The van der Waals surface area contributed by atoms with Gasteiger partial charge in [0, 0.05) is 37.3 Å². The lowest BCUT2D eigenvalue weighted by Gasteiger charge is -2.30.